The van der Waals surface area contributed by atoms with Gasteiger partial charge >= 0.3 is 6.09 Å². The molecule has 13 heteroatoms. The van der Waals surface area contributed by atoms with Crippen molar-refractivity contribution in [2.75, 3.05) is 18.5 Å². The number of carbonyl (C=O) groups is 1. The van der Waals surface area contributed by atoms with Crippen molar-refractivity contribution in [1.82, 2.24) is 39.7 Å². The molecule has 4 aromatic rings. The predicted molar refractivity (Wildman–Crippen MR) is 128 cm³/mol. The molecular formula is C22H28N10O3. The van der Waals surface area contributed by atoms with Crippen LogP contribution in [0, 0.1) is 0 Å². The molecule has 1 amide bonds. The lowest BCUT2D eigenvalue weighted by atomic mass is 10.2. The lowest BCUT2D eigenvalue weighted by Crippen LogP contribution is -2.16. The molecule has 5 rings (SSSR count). The van der Waals surface area contributed by atoms with Crippen molar-refractivity contribution in [1.29, 1.82) is 0 Å². The summed E-state index contributed by atoms with van der Waals surface area (Å²) in [5.41, 5.74) is 7.93. The van der Waals surface area contributed by atoms with Crippen molar-refractivity contribution >= 4 is 23.2 Å². The maximum Gasteiger partial charge on any atom is 0.402 e. The van der Waals surface area contributed by atoms with Gasteiger partial charge < -0.3 is 20.9 Å². The number of nitrogens with two attached hydrogens (primary N) is 1. The number of pyridine rings is 1. The van der Waals surface area contributed by atoms with Crippen molar-refractivity contribution in [3.8, 4) is 16.9 Å². The van der Waals surface area contributed by atoms with Crippen LogP contribution in [0.1, 0.15) is 32.6 Å². The summed E-state index contributed by atoms with van der Waals surface area (Å²) in [5.74, 6) is 0.618. The molecule has 4 aromatic heterocycles. The average Bonchev–Trinajstić information content (AvgIpc) is 3.60. The Balaban J connectivity index is 0.000000672. The first-order chi connectivity index (χ1) is 17.0. The molecule has 0 bridgehead atoms. The highest BCUT2D eigenvalue weighted by atomic mass is 16.5. The van der Waals surface area contributed by atoms with Crippen LogP contribution >= 0.6 is 0 Å². The second-order valence-electron chi connectivity index (χ2n) is 7.96. The molecule has 4 N–H and O–H groups in total. The minimum Gasteiger partial charge on any atom is -0.465 e. The molecule has 1 aliphatic rings. The zero-order valence-electron chi connectivity index (χ0n) is 19.4. The Morgan fingerprint density at radius 2 is 2.03 bits per heavy atom. The van der Waals surface area contributed by atoms with Crippen molar-refractivity contribution in [3.63, 3.8) is 0 Å². The summed E-state index contributed by atoms with van der Waals surface area (Å²) in [4.78, 5) is 22.4. The van der Waals surface area contributed by atoms with Gasteiger partial charge in [-0.05, 0) is 31.9 Å². The van der Waals surface area contributed by atoms with Crippen molar-refractivity contribution < 1.29 is 14.6 Å². The Morgan fingerprint density at radius 1 is 1.23 bits per heavy atom. The number of primary amides is 1. The molecule has 0 aliphatic heterocycles. The first-order valence-corrected chi connectivity index (χ1v) is 11.4. The van der Waals surface area contributed by atoms with E-state index in [0.29, 0.717) is 42.9 Å². The first kappa shape index (κ1) is 24.0. The summed E-state index contributed by atoms with van der Waals surface area (Å²) in [6.45, 7) is 4.05. The van der Waals surface area contributed by atoms with Crippen LogP contribution in [0.5, 0.6) is 0 Å². The van der Waals surface area contributed by atoms with Crippen LogP contribution in [0.25, 0.3) is 28.1 Å². The number of hydrogen-bond acceptors (Lipinski definition) is 9. The van der Waals surface area contributed by atoms with Gasteiger partial charge in [-0.2, -0.15) is 14.8 Å². The Bertz CT molecular complexity index is 1240. The highest BCUT2D eigenvalue weighted by Crippen LogP contribution is 2.22. The smallest absolute Gasteiger partial charge is 0.402 e. The maximum absolute atomic E-state index is 8.78. The summed E-state index contributed by atoms with van der Waals surface area (Å²) in [7, 11) is 0. The monoisotopic (exact) mass is 480 g/mol. The number of carboxylic acid groups (broad SMARTS) is 1. The summed E-state index contributed by atoms with van der Waals surface area (Å²) in [5, 5.41) is 23.4. The molecule has 0 radical (unpaired) electrons. The van der Waals surface area contributed by atoms with Crippen LogP contribution in [0.4, 0.5) is 10.7 Å². The van der Waals surface area contributed by atoms with Crippen LogP contribution in [-0.2, 0) is 11.3 Å². The number of aromatic nitrogens is 8. The van der Waals surface area contributed by atoms with E-state index in [1.807, 2.05) is 36.1 Å². The van der Waals surface area contributed by atoms with Gasteiger partial charge in [0, 0.05) is 24.4 Å². The summed E-state index contributed by atoms with van der Waals surface area (Å²) in [6, 6.07) is 4.35. The molecule has 0 spiro atoms. The number of anilines is 1. The number of fused-ring (bicyclic) bond motifs is 1. The quantitative estimate of drug-likeness (QED) is 0.318. The number of ether oxygens (including phenoxy) is 1. The van der Waals surface area contributed by atoms with Crippen LogP contribution in [-0.4, -0.2) is 70.2 Å². The Kier molecular flexibility index (Phi) is 7.77. The van der Waals surface area contributed by atoms with Crippen LogP contribution < -0.4 is 11.1 Å². The van der Waals surface area contributed by atoms with Gasteiger partial charge in [-0.15, -0.1) is 5.10 Å². The van der Waals surface area contributed by atoms with Gasteiger partial charge in [0.05, 0.1) is 43.1 Å². The molecule has 1 saturated carbocycles. The fourth-order valence-electron chi connectivity index (χ4n) is 3.83. The molecule has 0 unspecified atom stereocenters. The summed E-state index contributed by atoms with van der Waals surface area (Å²) >= 11 is 0. The van der Waals surface area contributed by atoms with E-state index in [0.717, 1.165) is 29.8 Å². The normalized spacial score (nSPS) is 13.5. The molecule has 4 heterocycles. The Morgan fingerprint density at radius 3 is 2.74 bits per heavy atom. The summed E-state index contributed by atoms with van der Waals surface area (Å²) in [6.07, 6.45) is 10.8. The molecular weight excluding hydrogens is 452 g/mol. The Labute approximate surface area is 201 Å². The number of nitrogens with one attached hydrogen (secondary N) is 1. The minimum absolute atomic E-state index is 0.442. The molecule has 35 heavy (non-hydrogen) atoms. The molecule has 184 valence electrons. The third-order valence-corrected chi connectivity index (χ3v) is 5.47. The van der Waals surface area contributed by atoms with E-state index in [1.165, 1.54) is 12.8 Å². The van der Waals surface area contributed by atoms with Gasteiger partial charge in [-0.1, -0.05) is 18.1 Å². The van der Waals surface area contributed by atoms with E-state index >= 15 is 0 Å². The zero-order valence-corrected chi connectivity index (χ0v) is 19.4. The Hall–Kier alpha value is -4.13. The minimum atomic E-state index is -1.33. The van der Waals surface area contributed by atoms with E-state index in [4.69, 9.17) is 14.6 Å². The molecule has 0 atom stereocenters. The number of nitrogens with zero attached hydrogens (tertiary/aromatic N) is 8. The predicted octanol–water partition coefficient (Wildman–Crippen LogP) is 2.48. The number of rotatable bonds is 8. The second kappa shape index (κ2) is 11.3. The zero-order chi connectivity index (χ0) is 24.6. The van der Waals surface area contributed by atoms with Crippen LogP contribution in [0.15, 0.2) is 36.9 Å². The molecule has 1 aliphatic carbocycles. The van der Waals surface area contributed by atoms with Crippen molar-refractivity contribution in [2.45, 2.75) is 45.2 Å². The van der Waals surface area contributed by atoms with E-state index in [1.54, 1.807) is 17.1 Å². The van der Waals surface area contributed by atoms with E-state index in [2.05, 4.69) is 41.4 Å². The van der Waals surface area contributed by atoms with Crippen LogP contribution in [0.2, 0.25) is 0 Å². The van der Waals surface area contributed by atoms with Crippen molar-refractivity contribution in [3.05, 3.63) is 36.9 Å². The molecule has 13 nitrogen and oxygen atoms in total. The third-order valence-electron chi connectivity index (χ3n) is 5.47. The van der Waals surface area contributed by atoms with Gasteiger partial charge in [-0.3, -0.25) is 9.67 Å². The average molecular weight is 481 g/mol. The number of hydrogen-bond donors (Lipinski definition) is 3. The van der Waals surface area contributed by atoms with Gasteiger partial charge in [0.15, 0.2) is 11.2 Å². The third kappa shape index (κ3) is 6.26. The molecule has 1 fully saturated rings. The highest BCUT2D eigenvalue weighted by molar-refractivity contribution is 5.72. The fourth-order valence-corrected chi connectivity index (χ4v) is 3.83. The number of amides is 1. The van der Waals surface area contributed by atoms with E-state index in [9.17, 15) is 0 Å². The van der Waals surface area contributed by atoms with E-state index in [-0.39, 0.29) is 0 Å². The van der Waals surface area contributed by atoms with Gasteiger partial charge in [-0.25, -0.2) is 9.78 Å². The fraction of sp³-hybridized carbons (Fsp3) is 0.409. The highest BCUT2D eigenvalue weighted by Gasteiger charge is 2.17. The van der Waals surface area contributed by atoms with Crippen molar-refractivity contribution in [2.24, 2.45) is 5.73 Å². The lowest BCUT2D eigenvalue weighted by molar-refractivity contribution is 0.136. The largest absolute Gasteiger partial charge is 0.465 e. The topological polar surface area (TPSA) is 172 Å². The summed E-state index contributed by atoms with van der Waals surface area (Å²) < 4.78 is 8.94. The standard InChI is InChI=1S/C21H25N9O.CH3NO2/c1-2-31-10-9-29-14-15(11-24-29)18-8-7-17(12-22-18)30-20-19(27-28-30)13-23-21(26-20)25-16-5-3-4-6-16;2-1(3)4/h7-8,11-14,16H,2-6,9-10H2,1H3,(H,23,25,26);2H2,(H,3,4). The molecule has 0 aromatic carbocycles. The first-order valence-electron chi connectivity index (χ1n) is 11.4. The van der Waals surface area contributed by atoms with Crippen LogP contribution in [0.3, 0.4) is 0 Å². The molecule has 0 saturated heterocycles. The van der Waals surface area contributed by atoms with Gasteiger partial charge in [0.2, 0.25) is 5.95 Å². The maximum atomic E-state index is 8.78. The lowest BCUT2D eigenvalue weighted by Gasteiger charge is -2.11. The van der Waals surface area contributed by atoms with Gasteiger partial charge in [0.25, 0.3) is 0 Å². The van der Waals surface area contributed by atoms with E-state index < -0.39 is 6.09 Å². The second-order valence-corrected chi connectivity index (χ2v) is 7.96. The van der Waals surface area contributed by atoms with Gasteiger partial charge in [0.1, 0.15) is 0 Å². The SMILES string of the molecule is CCOCCn1cc(-c2ccc(-n3nnc4cnc(NC5CCCC5)nc43)cn2)cn1.NC(=O)O.